The summed E-state index contributed by atoms with van der Waals surface area (Å²) < 4.78 is 27.0. The summed E-state index contributed by atoms with van der Waals surface area (Å²) in [5, 5.41) is 9.06. The Hall–Kier alpha value is -0.920. The van der Waals surface area contributed by atoms with Crippen LogP contribution in [0.25, 0.3) is 0 Å². The minimum atomic E-state index is -3.86. The van der Waals surface area contributed by atoms with Gasteiger partial charge in [-0.2, -0.15) is 4.72 Å². The number of carbonyl (C=O) groups is 1. The molecule has 1 rings (SSSR count). The molecule has 0 spiro atoms. The molecular weight excluding hydrogens is 322 g/mol. The number of hydrogen-bond acceptors (Lipinski definition) is 3. The van der Waals surface area contributed by atoms with E-state index in [0.29, 0.717) is 4.47 Å². The van der Waals surface area contributed by atoms with Crippen LogP contribution in [-0.2, 0) is 14.8 Å². The monoisotopic (exact) mass is 335 g/mol. The number of hydrogen-bond donors (Lipinski definition) is 2. The van der Waals surface area contributed by atoms with Crippen molar-refractivity contribution in [3.05, 3.63) is 28.7 Å². The van der Waals surface area contributed by atoms with Crippen LogP contribution in [0.5, 0.6) is 0 Å². The second-order valence-electron chi connectivity index (χ2n) is 4.05. The lowest BCUT2D eigenvalue weighted by molar-refractivity contribution is -0.143. The predicted octanol–water partition coefficient (Wildman–Crippen LogP) is 1.98. The highest BCUT2D eigenvalue weighted by Crippen LogP contribution is 2.19. The van der Waals surface area contributed by atoms with E-state index in [9.17, 15) is 13.2 Å². The third-order valence-corrected chi connectivity index (χ3v) is 4.73. The van der Waals surface area contributed by atoms with E-state index in [1.807, 2.05) is 0 Å². The molecule has 0 aliphatic carbocycles. The molecule has 1 aromatic carbocycles. The number of halogens is 1. The van der Waals surface area contributed by atoms with Crippen LogP contribution < -0.4 is 4.72 Å². The smallest absolute Gasteiger partial charge is 0.324 e. The second-order valence-corrected chi connectivity index (χ2v) is 6.65. The summed E-state index contributed by atoms with van der Waals surface area (Å²) in [7, 11) is -3.86. The maximum Gasteiger partial charge on any atom is 0.324 e. The quantitative estimate of drug-likeness (QED) is 0.861. The van der Waals surface area contributed by atoms with Crippen molar-refractivity contribution < 1.29 is 18.3 Å². The maximum atomic E-state index is 12.1. The minimum Gasteiger partial charge on any atom is -0.480 e. The first-order chi connectivity index (χ1) is 8.21. The van der Waals surface area contributed by atoms with Crippen LogP contribution in [0.1, 0.15) is 20.3 Å². The van der Waals surface area contributed by atoms with E-state index >= 15 is 0 Å². The molecule has 1 unspecified atom stereocenters. The van der Waals surface area contributed by atoms with Crippen LogP contribution in [0, 0.1) is 0 Å². The third kappa shape index (κ3) is 3.30. The number of benzene rings is 1. The first-order valence-corrected chi connectivity index (χ1v) is 7.52. The first-order valence-electron chi connectivity index (χ1n) is 5.24. The van der Waals surface area contributed by atoms with Gasteiger partial charge in [0.1, 0.15) is 5.54 Å². The van der Waals surface area contributed by atoms with E-state index in [1.54, 1.807) is 19.1 Å². The van der Waals surface area contributed by atoms with Crippen molar-refractivity contribution >= 4 is 31.9 Å². The van der Waals surface area contributed by atoms with Crippen molar-refractivity contribution in [3.8, 4) is 0 Å². The Morgan fingerprint density at radius 2 is 2.11 bits per heavy atom. The molecule has 0 aromatic heterocycles. The standard InChI is InChI=1S/C11H14BrNO4S/c1-3-11(2,10(14)15)13-18(16,17)9-6-4-5-8(12)7-9/h4-7,13H,3H2,1-2H3,(H,14,15). The number of sulfonamides is 1. The number of carboxylic acid groups (broad SMARTS) is 1. The van der Waals surface area contributed by atoms with Crippen molar-refractivity contribution in [2.45, 2.75) is 30.7 Å². The normalized spacial score (nSPS) is 15.1. The van der Waals surface area contributed by atoms with Crippen LogP contribution in [-0.4, -0.2) is 25.0 Å². The molecule has 0 aliphatic heterocycles. The van der Waals surface area contributed by atoms with Crippen LogP contribution in [0.3, 0.4) is 0 Å². The van der Waals surface area contributed by atoms with Crippen LogP contribution in [0.15, 0.2) is 33.6 Å². The van der Waals surface area contributed by atoms with Gasteiger partial charge in [-0.1, -0.05) is 28.9 Å². The predicted molar refractivity (Wildman–Crippen MR) is 70.8 cm³/mol. The average molecular weight is 336 g/mol. The molecule has 0 radical (unpaired) electrons. The highest BCUT2D eigenvalue weighted by atomic mass is 79.9. The fourth-order valence-electron chi connectivity index (χ4n) is 1.26. The van der Waals surface area contributed by atoms with Gasteiger partial charge in [-0.3, -0.25) is 4.79 Å². The van der Waals surface area contributed by atoms with Crippen molar-refractivity contribution in [2.24, 2.45) is 0 Å². The maximum absolute atomic E-state index is 12.1. The van der Waals surface area contributed by atoms with Gasteiger partial charge in [0.2, 0.25) is 10.0 Å². The molecule has 5 nitrogen and oxygen atoms in total. The minimum absolute atomic E-state index is 0.0257. The number of nitrogens with one attached hydrogen (secondary N) is 1. The van der Waals surface area contributed by atoms with Gasteiger partial charge < -0.3 is 5.11 Å². The molecule has 18 heavy (non-hydrogen) atoms. The lowest BCUT2D eigenvalue weighted by atomic mass is 10.0. The van der Waals surface area contributed by atoms with Crippen molar-refractivity contribution in [1.82, 2.24) is 4.72 Å². The molecule has 100 valence electrons. The summed E-state index contributed by atoms with van der Waals surface area (Å²) in [5.74, 6) is -1.21. The van der Waals surface area contributed by atoms with Crippen molar-refractivity contribution in [1.29, 1.82) is 0 Å². The Morgan fingerprint density at radius 1 is 1.50 bits per heavy atom. The third-order valence-electron chi connectivity index (χ3n) is 2.65. The second kappa shape index (κ2) is 5.38. The molecule has 0 amide bonds. The number of aliphatic carboxylic acids is 1. The molecule has 0 aliphatic rings. The zero-order valence-electron chi connectivity index (χ0n) is 9.97. The average Bonchev–Trinajstić information content (AvgIpc) is 2.28. The van der Waals surface area contributed by atoms with Gasteiger partial charge in [0.25, 0.3) is 0 Å². The molecule has 1 atom stereocenters. The number of rotatable bonds is 5. The van der Waals surface area contributed by atoms with Crippen LogP contribution in [0.4, 0.5) is 0 Å². The van der Waals surface area contributed by atoms with E-state index in [2.05, 4.69) is 20.7 Å². The Labute approximate surface area is 114 Å². The van der Waals surface area contributed by atoms with Gasteiger partial charge in [0, 0.05) is 4.47 Å². The molecule has 0 heterocycles. The lowest BCUT2D eigenvalue weighted by Crippen LogP contribution is -2.51. The van der Waals surface area contributed by atoms with Gasteiger partial charge in [0.15, 0.2) is 0 Å². The number of carboxylic acids is 1. The molecule has 0 saturated heterocycles. The van der Waals surface area contributed by atoms with E-state index in [-0.39, 0.29) is 11.3 Å². The zero-order valence-corrected chi connectivity index (χ0v) is 12.4. The largest absolute Gasteiger partial charge is 0.480 e. The van der Waals surface area contributed by atoms with Gasteiger partial charge in [-0.15, -0.1) is 0 Å². The molecule has 0 fully saturated rings. The van der Waals surface area contributed by atoms with Gasteiger partial charge in [-0.25, -0.2) is 8.42 Å². The van der Waals surface area contributed by atoms with Crippen molar-refractivity contribution in [3.63, 3.8) is 0 Å². The highest BCUT2D eigenvalue weighted by molar-refractivity contribution is 9.10. The highest BCUT2D eigenvalue weighted by Gasteiger charge is 2.36. The summed E-state index contributed by atoms with van der Waals surface area (Å²) in [6, 6.07) is 6.09. The van der Waals surface area contributed by atoms with E-state index < -0.39 is 21.5 Å². The van der Waals surface area contributed by atoms with Crippen LogP contribution >= 0.6 is 15.9 Å². The topological polar surface area (TPSA) is 83.5 Å². The molecule has 0 bridgehead atoms. The summed E-state index contributed by atoms with van der Waals surface area (Å²) in [5.41, 5.74) is -1.51. The Kier molecular flexibility index (Phi) is 4.52. The van der Waals surface area contributed by atoms with E-state index in [1.165, 1.54) is 19.1 Å². The summed E-state index contributed by atoms with van der Waals surface area (Å²) in [4.78, 5) is 11.1. The fraction of sp³-hybridized carbons (Fsp3) is 0.364. The molecular formula is C11H14BrNO4S. The summed E-state index contributed by atoms with van der Waals surface area (Å²) in [6.07, 6.45) is 0.148. The summed E-state index contributed by atoms with van der Waals surface area (Å²) >= 11 is 3.17. The lowest BCUT2D eigenvalue weighted by Gasteiger charge is -2.24. The molecule has 1 aromatic rings. The Morgan fingerprint density at radius 3 is 2.56 bits per heavy atom. The fourth-order valence-corrected chi connectivity index (χ4v) is 3.29. The van der Waals surface area contributed by atoms with E-state index in [0.717, 1.165) is 0 Å². The van der Waals surface area contributed by atoms with E-state index in [4.69, 9.17) is 5.11 Å². The molecule has 7 heteroatoms. The van der Waals surface area contributed by atoms with Gasteiger partial charge in [0.05, 0.1) is 4.90 Å². The first kappa shape index (κ1) is 15.1. The summed E-state index contributed by atoms with van der Waals surface area (Å²) in [6.45, 7) is 2.95. The Balaban J connectivity index is 3.13. The van der Waals surface area contributed by atoms with Gasteiger partial charge >= 0.3 is 5.97 Å². The van der Waals surface area contributed by atoms with Crippen LogP contribution in [0.2, 0.25) is 0 Å². The SMILES string of the molecule is CCC(C)(NS(=O)(=O)c1cccc(Br)c1)C(=O)O. The Bertz CT molecular complexity index is 558. The molecule has 0 saturated carbocycles. The molecule has 2 N–H and O–H groups in total. The van der Waals surface area contributed by atoms with Crippen molar-refractivity contribution in [2.75, 3.05) is 0 Å². The van der Waals surface area contributed by atoms with Gasteiger partial charge in [-0.05, 0) is 31.5 Å². The zero-order chi connectivity index (χ0) is 14.0.